The van der Waals surface area contributed by atoms with Gasteiger partial charge in [-0.1, -0.05) is 23.5 Å². The molecule has 2 aromatic rings. The second kappa shape index (κ2) is 4.46. The summed E-state index contributed by atoms with van der Waals surface area (Å²) < 4.78 is 27.6. The molecule has 1 heterocycles. The molecule has 6 heteroatoms. The van der Waals surface area contributed by atoms with Crippen molar-refractivity contribution in [3.63, 3.8) is 0 Å². The lowest BCUT2D eigenvalue weighted by atomic mass is 10.2. The van der Waals surface area contributed by atoms with Gasteiger partial charge in [0, 0.05) is 17.2 Å². The van der Waals surface area contributed by atoms with Crippen LogP contribution in [0.25, 0.3) is 11.3 Å². The molecule has 2 rings (SSSR count). The molecule has 0 spiro atoms. The third-order valence-corrected chi connectivity index (χ3v) is 4.17. The summed E-state index contributed by atoms with van der Waals surface area (Å²) in [5, 5.41) is 2.46. The Balaban J connectivity index is 2.35. The highest BCUT2D eigenvalue weighted by Gasteiger charge is 2.08. The van der Waals surface area contributed by atoms with Gasteiger partial charge in [0.05, 0.1) is 17.7 Å². The summed E-state index contributed by atoms with van der Waals surface area (Å²) in [6.07, 6.45) is 1.19. The van der Waals surface area contributed by atoms with Crippen molar-refractivity contribution < 1.29 is 13.2 Å². The van der Waals surface area contributed by atoms with E-state index in [2.05, 4.69) is 4.98 Å². The lowest BCUT2D eigenvalue weighted by Gasteiger charge is -2.00. The molecule has 0 aliphatic carbocycles. The van der Waals surface area contributed by atoms with Gasteiger partial charge >= 0.3 is 0 Å². The van der Waals surface area contributed by atoms with Crippen LogP contribution in [0, 0.1) is 0 Å². The van der Waals surface area contributed by atoms with Crippen LogP contribution in [-0.2, 0) is 9.84 Å². The Kier molecular flexibility index (Phi) is 3.17. The number of rotatable bonds is 3. The van der Waals surface area contributed by atoms with Crippen LogP contribution in [0.4, 0.5) is 0 Å². The van der Waals surface area contributed by atoms with Gasteiger partial charge in [-0.2, -0.15) is 0 Å². The van der Waals surface area contributed by atoms with Crippen molar-refractivity contribution in [2.45, 2.75) is 4.90 Å². The number of sulfone groups is 1. The molecule has 4 nitrogen and oxygen atoms in total. The number of methoxy groups -OCH3 is 1. The van der Waals surface area contributed by atoms with E-state index in [1.165, 1.54) is 17.6 Å². The van der Waals surface area contributed by atoms with Gasteiger partial charge < -0.3 is 4.74 Å². The lowest BCUT2D eigenvalue weighted by Crippen LogP contribution is -1.96. The predicted molar refractivity (Wildman–Crippen MR) is 67.2 cm³/mol. The summed E-state index contributed by atoms with van der Waals surface area (Å²) in [4.78, 5) is 4.55. The monoisotopic (exact) mass is 269 g/mol. The second-order valence-electron chi connectivity index (χ2n) is 3.50. The van der Waals surface area contributed by atoms with Gasteiger partial charge in [0.15, 0.2) is 9.84 Å². The first-order chi connectivity index (χ1) is 8.00. The van der Waals surface area contributed by atoms with E-state index in [0.717, 1.165) is 11.3 Å². The van der Waals surface area contributed by atoms with E-state index < -0.39 is 9.84 Å². The number of benzene rings is 1. The van der Waals surface area contributed by atoms with Crippen molar-refractivity contribution in [2.75, 3.05) is 13.4 Å². The van der Waals surface area contributed by atoms with Gasteiger partial charge in [-0.15, -0.1) is 0 Å². The minimum atomic E-state index is -3.14. The zero-order valence-corrected chi connectivity index (χ0v) is 11.0. The van der Waals surface area contributed by atoms with Gasteiger partial charge in [-0.05, 0) is 12.1 Å². The first-order valence-corrected chi connectivity index (χ1v) is 7.58. The number of aromatic nitrogens is 1. The number of thiazole rings is 1. The molecule has 0 saturated carbocycles. The summed E-state index contributed by atoms with van der Waals surface area (Å²) >= 11 is 1.40. The molecule has 17 heavy (non-hydrogen) atoms. The molecule has 0 saturated heterocycles. The zero-order chi connectivity index (χ0) is 12.5. The van der Waals surface area contributed by atoms with E-state index in [-0.39, 0.29) is 0 Å². The highest BCUT2D eigenvalue weighted by atomic mass is 32.2. The molecular formula is C11H11NO3S2. The second-order valence-corrected chi connectivity index (χ2v) is 6.34. The minimum Gasteiger partial charge on any atom is -0.473 e. The summed E-state index contributed by atoms with van der Waals surface area (Å²) in [5.41, 5.74) is 1.66. The normalized spacial score (nSPS) is 11.4. The maximum atomic E-state index is 11.3. The van der Waals surface area contributed by atoms with E-state index in [0.29, 0.717) is 10.1 Å². The van der Waals surface area contributed by atoms with Crippen molar-refractivity contribution in [1.29, 1.82) is 0 Å². The van der Waals surface area contributed by atoms with Gasteiger partial charge in [0.25, 0.3) is 5.19 Å². The maximum absolute atomic E-state index is 11.3. The molecule has 0 fully saturated rings. The van der Waals surface area contributed by atoms with Crippen molar-refractivity contribution in [1.82, 2.24) is 4.98 Å². The Bertz CT molecular complexity index is 614. The van der Waals surface area contributed by atoms with Gasteiger partial charge in [0.2, 0.25) is 0 Å². The molecule has 0 radical (unpaired) electrons. The molecule has 0 amide bonds. The molecule has 0 N–H and O–H groups in total. The molecule has 0 aliphatic rings. The van der Waals surface area contributed by atoms with Crippen LogP contribution in [0.1, 0.15) is 0 Å². The van der Waals surface area contributed by atoms with Crippen molar-refractivity contribution >= 4 is 21.2 Å². The Morgan fingerprint density at radius 2 is 1.88 bits per heavy atom. The van der Waals surface area contributed by atoms with Gasteiger partial charge in [-0.25, -0.2) is 13.4 Å². The summed E-state index contributed by atoms with van der Waals surface area (Å²) in [7, 11) is -1.58. The van der Waals surface area contributed by atoms with Crippen LogP contribution < -0.4 is 4.74 Å². The number of hydrogen-bond donors (Lipinski definition) is 0. The van der Waals surface area contributed by atoms with E-state index >= 15 is 0 Å². The van der Waals surface area contributed by atoms with Crippen molar-refractivity contribution in [3.8, 4) is 16.5 Å². The Hall–Kier alpha value is -1.40. The molecule has 0 bridgehead atoms. The van der Waals surface area contributed by atoms with Crippen LogP contribution in [0.15, 0.2) is 34.5 Å². The lowest BCUT2D eigenvalue weighted by molar-refractivity contribution is 0.412. The van der Waals surface area contributed by atoms with Crippen LogP contribution in [-0.4, -0.2) is 26.8 Å². The fourth-order valence-corrected chi connectivity index (χ4v) is 2.64. The van der Waals surface area contributed by atoms with Crippen molar-refractivity contribution in [3.05, 3.63) is 29.6 Å². The largest absolute Gasteiger partial charge is 0.473 e. The van der Waals surface area contributed by atoms with Gasteiger partial charge in [0.1, 0.15) is 0 Å². The number of hydrogen-bond acceptors (Lipinski definition) is 5. The zero-order valence-electron chi connectivity index (χ0n) is 9.38. The van der Waals surface area contributed by atoms with Crippen molar-refractivity contribution in [2.24, 2.45) is 0 Å². The van der Waals surface area contributed by atoms with Crippen LogP contribution in [0.2, 0.25) is 0 Å². The average molecular weight is 269 g/mol. The number of ether oxygens (including phenoxy) is 1. The first-order valence-electron chi connectivity index (χ1n) is 4.81. The van der Waals surface area contributed by atoms with E-state index in [9.17, 15) is 8.42 Å². The van der Waals surface area contributed by atoms with Gasteiger partial charge in [-0.3, -0.25) is 0 Å². The predicted octanol–water partition coefficient (Wildman–Crippen LogP) is 2.22. The Morgan fingerprint density at radius 3 is 2.35 bits per heavy atom. The summed E-state index contributed by atoms with van der Waals surface area (Å²) in [6, 6.07) is 6.64. The Labute approximate surface area is 104 Å². The highest BCUT2D eigenvalue weighted by Crippen LogP contribution is 2.26. The minimum absolute atomic E-state index is 0.309. The first kappa shape index (κ1) is 12.1. The standard InChI is InChI=1S/C11H11NO3S2/c1-15-11-12-10(7-16-11)8-3-5-9(6-4-8)17(2,13)14/h3-7H,1-2H3. The molecular weight excluding hydrogens is 258 g/mol. The van der Waals surface area contributed by atoms with Crippen LogP contribution in [0.5, 0.6) is 5.19 Å². The summed E-state index contributed by atoms with van der Waals surface area (Å²) in [6.45, 7) is 0. The third kappa shape index (κ3) is 2.65. The summed E-state index contributed by atoms with van der Waals surface area (Å²) in [5.74, 6) is 0. The molecule has 1 aromatic carbocycles. The molecule has 0 atom stereocenters. The van der Waals surface area contributed by atoms with Crippen LogP contribution >= 0.6 is 11.3 Å². The highest BCUT2D eigenvalue weighted by molar-refractivity contribution is 7.90. The fraction of sp³-hybridized carbons (Fsp3) is 0.182. The smallest absolute Gasteiger partial charge is 0.273 e. The molecule has 0 unspecified atom stereocenters. The SMILES string of the molecule is COc1nc(-c2ccc(S(C)(=O)=O)cc2)cs1. The fourth-order valence-electron chi connectivity index (χ4n) is 1.36. The molecule has 1 aromatic heterocycles. The van der Waals surface area contributed by atoms with Crippen LogP contribution in [0.3, 0.4) is 0 Å². The van der Waals surface area contributed by atoms with E-state index in [4.69, 9.17) is 4.74 Å². The third-order valence-electron chi connectivity index (χ3n) is 2.24. The maximum Gasteiger partial charge on any atom is 0.273 e. The average Bonchev–Trinajstić information content (AvgIpc) is 2.76. The van der Waals surface area contributed by atoms with E-state index in [1.54, 1.807) is 31.4 Å². The van der Waals surface area contributed by atoms with E-state index in [1.807, 2.05) is 5.38 Å². The number of nitrogens with zero attached hydrogens (tertiary/aromatic N) is 1. The quantitative estimate of drug-likeness (QED) is 0.857. The molecule has 90 valence electrons. The molecule has 0 aliphatic heterocycles. The topological polar surface area (TPSA) is 56.3 Å². The Morgan fingerprint density at radius 1 is 1.24 bits per heavy atom.